The minimum atomic E-state index is 0.228. The molecule has 1 aromatic rings. The molecule has 0 bridgehead atoms. The Labute approximate surface area is 83.2 Å². The van der Waals surface area contributed by atoms with Crippen LogP contribution in [-0.4, -0.2) is 12.9 Å². The van der Waals surface area contributed by atoms with Crippen LogP contribution in [0.2, 0.25) is 0 Å². The number of Topliss-reactive ketones (excluding diaryl/α,β-unsaturated/α-hetero) is 1. The second-order valence-corrected chi connectivity index (χ2v) is 3.38. The molecular weight excluding hydrogens is 176 g/mol. The first-order valence-corrected chi connectivity index (χ1v) is 4.63. The number of ether oxygens (including phenoxy) is 1. The molecule has 1 aromatic carbocycles. The molecule has 0 radical (unpaired) electrons. The van der Waals surface area contributed by atoms with Gasteiger partial charge in [-0.25, -0.2) is 0 Å². The lowest BCUT2D eigenvalue weighted by Gasteiger charge is -2.07. The second-order valence-electron chi connectivity index (χ2n) is 3.38. The summed E-state index contributed by atoms with van der Waals surface area (Å²) >= 11 is 0. The summed E-state index contributed by atoms with van der Waals surface area (Å²) in [6.07, 6.45) is 3.17. The normalized spacial score (nSPS) is 13.9. The number of carbonyl (C=O) groups is 1. The van der Waals surface area contributed by atoms with Crippen LogP contribution < -0.4 is 4.74 Å². The van der Waals surface area contributed by atoms with Crippen LogP contribution in [0, 0.1) is 0 Å². The number of carbonyl (C=O) groups excluding carboxylic acids is 1. The first-order chi connectivity index (χ1) is 6.76. The Hall–Kier alpha value is -1.57. The van der Waals surface area contributed by atoms with E-state index in [1.807, 2.05) is 12.1 Å². The second kappa shape index (κ2) is 3.29. The third-order valence-electron chi connectivity index (χ3n) is 2.60. The van der Waals surface area contributed by atoms with E-state index < -0.39 is 0 Å². The molecule has 0 amide bonds. The zero-order valence-electron chi connectivity index (χ0n) is 8.17. The topological polar surface area (TPSA) is 26.3 Å². The van der Waals surface area contributed by atoms with E-state index in [1.165, 1.54) is 0 Å². The van der Waals surface area contributed by atoms with Crippen molar-refractivity contribution in [3.8, 4) is 5.75 Å². The predicted molar refractivity (Wildman–Crippen MR) is 55.7 cm³/mol. The number of aryl methyl sites for hydroxylation is 1. The van der Waals surface area contributed by atoms with Gasteiger partial charge in [0.05, 0.1) is 7.11 Å². The van der Waals surface area contributed by atoms with Crippen molar-refractivity contribution < 1.29 is 9.53 Å². The Bertz CT molecular complexity index is 404. The van der Waals surface area contributed by atoms with Crippen LogP contribution in [0.3, 0.4) is 0 Å². The van der Waals surface area contributed by atoms with Gasteiger partial charge < -0.3 is 4.74 Å². The van der Waals surface area contributed by atoms with Crippen molar-refractivity contribution in [1.29, 1.82) is 0 Å². The van der Waals surface area contributed by atoms with Crippen molar-refractivity contribution in [2.24, 2.45) is 0 Å². The summed E-state index contributed by atoms with van der Waals surface area (Å²) in [7, 11) is 1.63. The lowest BCUT2D eigenvalue weighted by molar-refractivity contribution is 0.0994. The van der Waals surface area contributed by atoms with E-state index in [0.29, 0.717) is 6.42 Å². The predicted octanol–water partition coefficient (Wildman–Crippen LogP) is 2.47. The molecule has 1 aliphatic rings. The number of ketones is 1. The van der Waals surface area contributed by atoms with Crippen LogP contribution in [0.15, 0.2) is 18.7 Å². The van der Waals surface area contributed by atoms with Crippen LogP contribution >= 0.6 is 0 Å². The molecule has 0 aliphatic heterocycles. The van der Waals surface area contributed by atoms with Crippen LogP contribution in [0.25, 0.3) is 6.08 Å². The fourth-order valence-corrected chi connectivity index (χ4v) is 1.82. The molecule has 0 atom stereocenters. The highest BCUT2D eigenvalue weighted by atomic mass is 16.5. The van der Waals surface area contributed by atoms with Gasteiger partial charge in [0.25, 0.3) is 0 Å². The average Bonchev–Trinajstić information content (AvgIpc) is 2.58. The summed E-state index contributed by atoms with van der Waals surface area (Å²) in [6.45, 7) is 3.70. The number of methoxy groups -OCH3 is 1. The number of hydrogen-bond acceptors (Lipinski definition) is 2. The number of fused-ring (bicyclic) bond motifs is 1. The monoisotopic (exact) mass is 188 g/mol. The van der Waals surface area contributed by atoms with E-state index in [9.17, 15) is 4.79 Å². The van der Waals surface area contributed by atoms with E-state index in [2.05, 4.69) is 6.58 Å². The highest BCUT2D eigenvalue weighted by Crippen LogP contribution is 2.30. The fraction of sp³-hybridized carbons (Fsp3) is 0.250. The van der Waals surface area contributed by atoms with Crippen molar-refractivity contribution in [1.82, 2.24) is 0 Å². The third kappa shape index (κ3) is 1.23. The zero-order valence-corrected chi connectivity index (χ0v) is 8.17. The zero-order chi connectivity index (χ0) is 10.1. The van der Waals surface area contributed by atoms with Crippen LogP contribution in [0.5, 0.6) is 5.75 Å². The molecule has 72 valence electrons. The Morgan fingerprint density at radius 3 is 2.86 bits per heavy atom. The minimum absolute atomic E-state index is 0.228. The van der Waals surface area contributed by atoms with Crippen LogP contribution in [-0.2, 0) is 6.42 Å². The molecule has 0 unspecified atom stereocenters. The average molecular weight is 188 g/mol. The first-order valence-electron chi connectivity index (χ1n) is 4.63. The largest absolute Gasteiger partial charge is 0.496 e. The molecular formula is C12H12O2. The standard InChI is InChI=1S/C12H12O2/c1-3-8-6-10-9(4-5-11(10)13)7-12(8)14-2/h3,6-7H,1,4-5H2,2H3. The van der Waals surface area contributed by atoms with Gasteiger partial charge in [-0.1, -0.05) is 12.7 Å². The summed E-state index contributed by atoms with van der Waals surface area (Å²) in [6, 6.07) is 3.81. The molecule has 0 fully saturated rings. The van der Waals surface area contributed by atoms with Gasteiger partial charge in [0.1, 0.15) is 5.75 Å². The Balaban J connectivity index is 2.60. The lowest BCUT2D eigenvalue weighted by atomic mass is 10.0. The maximum Gasteiger partial charge on any atom is 0.163 e. The number of rotatable bonds is 2. The molecule has 0 heterocycles. The molecule has 0 spiro atoms. The maximum atomic E-state index is 11.5. The number of benzene rings is 1. The van der Waals surface area contributed by atoms with E-state index in [-0.39, 0.29) is 5.78 Å². The quantitative estimate of drug-likeness (QED) is 0.712. The van der Waals surface area contributed by atoms with Gasteiger partial charge >= 0.3 is 0 Å². The van der Waals surface area contributed by atoms with Gasteiger partial charge in [-0.2, -0.15) is 0 Å². The van der Waals surface area contributed by atoms with Gasteiger partial charge in [-0.3, -0.25) is 4.79 Å². The SMILES string of the molecule is C=Cc1cc2c(cc1OC)CCC2=O. The molecule has 0 saturated carbocycles. The smallest absolute Gasteiger partial charge is 0.163 e. The highest BCUT2D eigenvalue weighted by Gasteiger charge is 2.21. The Kier molecular flexibility index (Phi) is 2.12. The van der Waals surface area contributed by atoms with E-state index in [4.69, 9.17) is 4.74 Å². The van der Waals surface area contributed by atoms with Crippen molar-refractivity contribution in [2.45, 2.75) is 12.8 Å². The van der Waals surface area contributed by atoms with Crippen molar-refractivity contribution in [3.05, 3.63) is 35.4 Å². The molecule has 0 saturated heterocycles. The van der Waals surface area contributed by atoms with Crippen LogP contribution in [0.1, 0.15) is 27.9 Å². The summed E-state index contributed by atoms with van der Waals surface area (Å²) in [4.78, 5) is 11.5. The summed E-state index contributed by atoms with van der Waals surface area (Å²) in [5.74, 6) is 1.03. The number of hydrogen-bond donors (Lipinski definition) is 0. The molecule has 1 aliphatic carbocycles. The Morgan fingerprint density at radius 1 is 1.43 bits per heavy atom. The molecule has 0 aromatic heterocycles. The molecule has 2 heteroatoms. The van der Waals surface area contributed by atoms with Crippen molar-refractivity contribution in [3.63, 3.8) is 0 Å². The summed E-state index contributed by atoms with van der Waals surface area (Å²) in [5.41, 5.74) is 2.82. The fourth-order valence-electron chi connectivity index (χ4n) is 1.82. The van der Waals surface area contributed by atoms with Crippen molar-refractivity contribution in [2.75, 3.05) is 7.11 Å². The van der Waals surface area contributed by atoms with E-state index in [0.717, 1.165) is 28.9 Å². The third-order valence-corrected chi connectivity index (χ3v) is 2.60. The molecule has 14 heavy (non-hydrogen) atoms. The van der Waals surface area contributed by atoms with Gasteiger partial charge in [-0.15, -0.1) is 0 Å². The van der Waals surface area contributed by atoms with Gasteiger partial charge in [0, 0.05) is 17.5 Å². The highest BCUT2D eigenvalue weighted by molar-refractivity contribution is 6.01. The van der Waals surface area contributed by atoms with Gasteiger partial charge in [0.2, 0.25) is 0 Å². The van der Waals surface area contributed by atoms with Crippen molar-refractivity contribution >= 4 is 11.9 Å². The van der Waals surface area contributed by atoms with Gasteiger partial charge in [0.15, 0.2) is 5.78 Å². The minimum Gasteiger partial charge on any atom is -0.496 e. The van der Waals surface area contributed by atoms with Crippen LogP contribution in [0.4, 0.5) is 0 Å². The van der Waals surface area contributed by atoms with E-state index >= 15 is 0 Å². The summed E-state index contributed by atoms with van der Waals surface area (Å²) < 4.78 is 5.21. The maximum absolute atomic E-state index is 11.5. The van der Waals surface area contributed by atoms with Gasteiger partial charge in [-0.05, 0) is 24.1 Å². The summed E-state index contributed by atoms with van der Waals surface area (Å²) in [5, 5.41) is 0. The lowest BCUT2D eigenvalue weighted by Crippen LogP contribution is -1.94. The van der Waals surface area contributed by atoms with E-state index in [1.54, 1.807) is 13.2 Å². The molecule has 2 nitrogen and oxygen atoms in total. The molecule has 2 rings (SSSR count). The molecule has 0 N–H and O–H groups in total. The first kappa shape index (κ1) is 9.00. The Morgan fingerprint density at radius 2 is 2.21 bits per heavy atom.